The predicted octanol–water partition coefficient (Wildman–Crippen LogP) is 0.510. The van der Waals surface area contributed by atoms with Crippen LogP contribution in [-0.2, 0) is 19.1 Å². The van der Waals surface area contributed by atoms with Crippen LogP contribution in [-0.4, -0.2) is 74.7 Å². The lowest BCUT2D eigenvalue weighted by Gasteiger charge is -2.31. The van der Waals surface area contributed by atoms with Crippen LogP contribution >= 0.6 is 0 Å². The van der Waals surface area contributed by atoms with Crippen LogP contribution in [0.3, 0.4) is 0 Å². The SMILES string of the molecule is COC(=O)[C@H]1CCCN(CCCC(=O)N2CCOCC2)C1. The van der Waals surface area contributed by atoms with Crippen molar-refractivity contribution in [2.24, 2.45) is 5.92 Å². The second-order valence-corrected chi connectivity index (χ2v) is 5.76. The molecule has 0 aromatic carbocycles. The first kappa shape index (κ1) is 16.2. The number of piperidine rings is 1. The minimum atomic E-state index is -0.107. The molecule has 1 amide bonds. The Labute approximate surface area is 126 Å². The molecule has 6 nitrogen and oxygen atoms in total. The quantitative estimate of drug-likeness (QED) is 0.692. The van der Waals surface area contributed by atoms with Crippen molar-refractivity contribution in [2.75, 3.05) is 53.0 Å². The zero-order valence-corrected chi connectivity index (χ0v) is 12.9. The first-order valence-corrected chi connectivity index (χ1v) is 7.86. The fourth-order valence-corrected chi connectivity index (χ4v) is 3.04. The van der Waals surface area contributed by atoms with Crippen molar-refractivity contribution in [1.29, 1.82) is 0 Å². The number of ether oxygens (including phenoxy) is 2. The normalized spacial score (nSPS) is 23.9. The van der Waals surface area contributed by atoms with Gasteiger partial charge >= 0.3 is 5.97 Å². The summed E-state index contributed by atoms with van der Waals surface area (Å²) >= 11 is 0. The van der Waals surface area contributed by atoms with E-state index in [-0.39, 0.29) is 17.8 Å². The van der Waals surface area contributed by atoms with Gasteiger partial charge in [0.2, 0.25) is 5.91 Å². The first-order valence-electron chi connectivity index (χ1n) is 7.86. The van der Waals surface area contributed by atoms with Crippen molar-refractivity contribution < 1.29 is 19.1 Å². The van der Waals surface area contributed by atoms with E-state index in [1.807, 2.05) is 4.90 Å². The van der Waals surface area contributed by atoms with Gasteiger partial charge in [0.25, 0.3) is 0 Å². The fraction of sp³-hybridized carbons (Fsp3) is 0.867. The summed E-state index contributed by atoms with van der Waals surface area (Å²) in [6, 6.07) is 0. The third-order valence-corrected chi connectivity index (χ3v) is 4.27. The lowest BCUT2D eigenvalue weighted by atomic mass is 9.98. The van der Waals surface area contributed by atoms with Gasteiger partial charge in [0.1, 0.15) is 0 Å². The van der Waals surface area contributed by atoms with Crippen LogP contribution in [0.2, 0.25) is 0 Å². The molecule has 2 aliphatic heterocycles. The summed E-state index contributed by atoms with van der Waals surface area (Å²) in [6.45, 7) is 5.39. The van der Waals surface area contributed by atoms with Crippen molar-refractivity contribution >= 4 is 11.9 Å². The maximum Gasteiger partial charge on any atom is 0.309 e. The van der Waals surface area contributed by atoms with E-state index in [2.05, 4.69) is 4.90 Å². The molecule has 0 N–H and O–H groups in total. The second-order valence-electron chi connectivity index (χ2n) is 5.76. The number of likely N-dealkylation sites (tertiary alicyclic amines) is 1. The molecule has 2 saturated heterocycles. The minimum absolute atomic E-state index is 0.00121. The second kappa shape index (κ2) is 8.34. The highest BCUT2D eigenvalue weighted by Crippen LogP contribution is 2.18. The molecule has 1 atom stereocenters. The highest BCUT2D eigenvalue weighted by molar-refractivity contribution is 5.76. The molecular formula is C15H26N2O4. The maximum absolute atomic E-state index is 12.0. The molecule has 0 unspecified atom stereocenters. The third-order valence-electron chi connectivity index (χ3n) is 4.27. The van der Waals surface area contributed by atoms with Crippen LogP contribution in [0.5, 0.6) is 0 Å². The molecule has 120 valence electrons. The average molecular weight is 298 g/mol. The summed E-state index contributed by atoms with van der Waals surface area (Å²) in [5.41, 5.74) is 0. The molecule has 0 spiro atoms. The molecule has 0 bridgehead atoms. The topological polar surface area (TPSA) is 59.1 Å². The molecule has 0 aromatic rings. The third kappa shape index (κ3) is 4.97. The largest absolute Gasteiger partial charge is 0.469 e. The lowest BCUT2D eigenvalue weighted by Crippen LogP contribution is -2.42. The zero-order chi connectivity index (χ0) is 15.1. The highest BCUT2D eigenvalue weighted by atomic mass is 16.5. The summed E-state index contributed by atoms with van der Waals surface area (Å²) in [4.78, 5) is 27.8. The molecule has 6 heteroatoms. The number of amides is 1. The van der Waals surface area contributed by atoms with Gasteiger partial charge < -0.3 is 19.3 Å². The number of esters is 1. The molecule has 0 radical (unpaired) electrons. The summed E-state index contributed by atoms with van der Waals surface area (Å²) in [5.74, 6) is 0.114. The molecule has 0 saturated carbocycles. The van der Waals surface area contributed by atoms with E-state index >= 15 is 0 Å². The maximum atomic E-state index is 12.0. The number of rotatable bonds is 5. The van der Waals surface area contributed by atoms with Gasteiger partial charge in [0.05, 0.1) is 26.2 Å². The van der Waals surface area contributed by atoms with Gasteiger partial charge in [-0.2, -0.15) is 0 Å². The van der Waals surface area contributed by atoms with E-state index in [4.69, 9.17) is 9.47 Å². The smallest absolute Gasteiger partial charge is 0.309 e. The van der Waals surface area contributed by atoms with E-state index in [0.717, 1.165) is 38.9 Å². The number of nitrogens with zero attached hydrogens (tertiary/aromatic N) is 2. The Bertz CT molecular complexity index is 356. The number of methoxy groups -OCH3 is 1. The minimum Gasteiger partial charge on any atom is -0.469 e. The molecule has 0 aliphatic carbocycles. The zero-order valence-electron chi connectivity index (χ0n) is 12.9. The first-order chi connectivity index (χ1) is 10.2. The Hall–Kier alpha value is -1.14. The molecular weight excluding hydrogens is 272 g/mol. The monoisotopic (exact) mass is 298 g/mol. The van der Waals surface area contributed by atoms with Crippen molar-refractivity contribution in [3.05, 3.63) is 0 Å². The number of hydrogen-bond donors (Lipinski definition) is 0. The van der Waals surface area contributed by atoms with E-state index in [1.165, 1.54) is 7.11 Å². The molecule has 0 aromatic heterocycles. The van der Waals surface area contributed by atoms with Crippen LogP contribution in [0.1, 0.15) is 25.7 Å². The number of carbonyl (C=O) groups excluding carboxylic acids is 2. The number of carbonyl (C=O) groups is 2. The van der Waals surface area contributed by atoms with E-state index in [0.29, 0.717) is 32.7 Å². The summed E-state index contributed by atoms with van der Waals surface area (Å²) in [6.07, 6.45) is 3.37. The van der Waals surface area contributed by atoms with E-state index in [9.17, 15) is 9.59 Å². The fourth-order valence-electron chi connectivity index (χ4n) is 3.04. The van der Waals surface area contributed by atoms with E-state index < -0.39 is 0 Å². The Kier molecular flexibility index (Phi) is 6.45. The summed E-state index contributed by atoms with van der Waals surface area (Å²) in [5, 5.41) is 0. The van der Waals surface area contributed by atoms with Gasteiger partial charge in [-0.1, -0.05) is 0 Å². The van der Waals surface area contributed by atoms with Crippen molar-refractivity contribution in [1.82, 2.24) is 9.80 Å². The Balaban J connectivity index is 1.65. The molecule has 2 fully saturated rings. The standard InChI is InChI=1S/C15H26N2O4/c1-20-15(19)13-4-2-6-16(12-13)7-3-5-14(18)17-8-10-21-11-9-17/h13H,2-12H2,1H3/t13-/m0/s1. The Morgan fingerprint density at radius 2 is 2.00 bits per heavy atom. The lowest BCUT2D eigenvalue weighted by molar-refractivity contribution is -0.147. The summed E-state index contributed by atoms with van der Waals surface area (Å²) < 4.78 is 10.1. The molecule has 2 rings (SSSR count). The van der Waals surface area contributed by atoms with Gasteiger partial charge in [0.15, 0.2) is 0 Å². The number of morpholine rings is 1. The van der Waals surface area contributed by atoms with Crippen LogP contribution in [0.15, 0.2) is 0 Å². The Morgan fingerprint density at radius 3 is 2.71 bits per heavy atom. The summed E-state index contributed by atoms with van der Waals surface area (Å²) in [7, 11) is 1.45. The van der Waals surface area contributed by atoms with Crippen LogP contribution in [0.4, 0.5) is 0 Å². The highest BCUT2D eigenvalue weighted by Gasteiger charge is 2.26. The van der Waals surface area contributed by atoms with Crippen molar-refractivity contribution in [3.8, 4) is 0 Å². The van der Waals surface area contributed by atoms with Crippen molar-refractivity contribution in [2.45, 2.75) is 25.7 Å². The Morgan fingerprint density at radius 1 is 1.24 bits per heavy atom. The van der Waals surface area contributed by atoms with Crippen LogP contribution < -0.4 is 0 Å². The van der Waals surface area contributed by atoms with Crippen LogP contribution in [0.25, 0.3) is 0 Å². The number of hydrogen-bond acceptors (Lipinski definition) is 5. The van der Waals surface area contributed by atoms with Gasteiger partial charge in [-0.25, -0.2) is 0 Å². The van der Waals surface area contributed by atoms with Crippen molar-refractivity contribution in [3.63, 3.8) is 0 Å². The van der Waals surface area contributed by atoms with Crippen LogP contribution in [0, 0.1) is 5.92 Å². The van der Waals surface area contributed by atoms with Gasteiger partial charge in [-0.15, -0.1) is 0 Å². The van der Waals surface area contributed by atoms with Gasteiger partial charge in [-0.05, 0) is 32.4 Å². The van der Waals surface area contributed by atoms with Gasteiger partial charge in [-0.3, -0.25) is 9.59 Å². The molecule has 21 heavy (non-hydrogen) atoms. The average Bonchev–Trinajstić information content (AvgIpc) is 2.55. The van der Waals surface area contributed by atoms with Gasteiger partial charge in [0, 0.05) is 26.1 Å². The molecule has 2 aliphatic rings. The van der Waals surface area contributed by atoms with E-state index in [1.54, 1.807) is 0 Å². The predicted molar refractivity (Wildman–Crippen MR) is 77.8 cm³/mol. The molecule has 2 heterocycles.